The van der Waals surface area contributed by atoms with Crippen molar-refractivity contribution < 1.29 is 23.8 Å². The summed E-state index contributed by atoms with van der Waals surface area (Å²) in [7, 11) is 1.53. The summed E-state index contributed by atoms with van der Waals surface area (Å²) < 4.78 is 16.2. The van der Waals surface area contributed by atoms with Gasteiger partial charge in [-0.1, -0.05) is 18.2 Å². The molecule has 0 saturated carbocycles. The Bertz CT molecular complexity index is 879. The van der Waals surface area contributed by atoms with E-state index in [2.05, 4.69) is 0 Å². The molecule has 0 spiro atoms. The van der Waals surface area contributed by atoms with E-state index in [1.165, 1.54) is 7.11 Å². The van der Waals surface area contributed by atoms with Gasteiger partial charge in [0.1, 0.15) is 0 Å². The van der Waals surface area contributed by atoms with E-state index in [0.717, 1.165) is 17.7 Å². The normalized spacial score (nSPS) is 16.3. The second kappa shape index (κ2) is 8.33. The SMILES string of the molecule is CCOc1cc(C(=O)O[C@H](C)C(=O)N2c3ccccc3C[C@@H]2C)ccc1OC. The van der Waals surface area contributed by atoms with Crippen LogP contribution in [0.2, 0.25) is 0 Å². The van der Waals surface area contributed by atoms with Crippen LogP contribution in [0.3, 0.4) is 0 Å². The zero-order valence-corrected chi connectivity index (χ0v) is 16.6. The zero-order valence-electron chi connectivity index (χ0n) is 16.6. The van der Waals surface area contributed by atoms with Gasteiger partial charge >= 0.3 is 5.97 Å². The molecule has 2 aromatic carbocycles. The quantitative estimate of drug-likeness (QED) is 0.713. The van der Waals surface area contributed by atoms with Crippen LogP contribution in [0.1, 0.15) is 36.7 Å². The minimum absolute atomic E-state index is 0.0246. The maximum atomic E-state index is 13.0. The molecular formula is C22H25NO5. The highest BCUT2D eigenvalue weighted by molar-refractivity contribution is 6.01. The minimum Gasteiger partial charge on any atom is -0.493 e. The highest BCUT2D eigenvalue weighted by atomic mass is 16.5. The fourth-order valence-corrected chi connectivity index (χ4v) is 3.45. The largest absolute Gasteiger partial charge is 0.493 e. The van der Waals surface area contributed by atoms with Crippen LogP contribution in [0.5, 0.6) is 11.5 Å². The molecule has 6 heteroatoms. The lowest BCUT2D eigenvalue weighted by Crippen LogP contribution is -2.43. The first-order chi connectivity index (χ1) is 13.5. The van der Waals surface area contributed by atoms with Crippen LogP contribution in [0.4, 0.5) is 5.69 Å². The molecule has 2 aromatic rings. The minimum atomic E-state index is -0.904. The van der Waals surface area contributed by atoms with Crippen LogP contribution < -0.4 is 14.4 Å². The third-order valence-electron chi connectivity index (χ3n) is 4.78. The van der Waals surface area contributed by atoms with Crippen molar-refractivity contribution in [1.82, 2.24) is 0 Å². The molecule has 0 saturated heterocycles. The molecule has 6 nitrogen and oxygen atoms in total. The van der Waals surface area contributed by atoms with Crippen molar-refractivity contribution in [2.75, 3.05) is 18.6 Å². The van der Waals surface area contributed by atoms with Gasteiger partial charge in [0.15, 0.2) is 17.6 Å². The standard InChI is InChI=1S/C22H25NO5/c1-5-27-20-13-17(10-11-19(20)26-4)22(25)28-15(3)21(24)23-14(2)12-16-8-6-7-9-18(16)23/h6-11,13-15H,5,12H2,1-4H3/t14-,15+/m0/s1. The van der Waals surface area contributed by atoms with Gasteiger partial charge in [-0.3, -0.25) is 4.79 Å². The number of benzene rings is 2. The predicted molar refractivity (Wildman–Crippen MR) is 106 cm³/mol. The average molecular weight is 383 g/mol. The maximum absolute atomic E-state index is 13.0. The molecule has 1 aliphatic rings. The zero-order chi connectivity index (χ0) is 20.3. The summed E-state index contributed by atoms with van der Waals surface area (Å²) >= 11 is 0. The monoisotopic (exact) mass is 383 g/mol. The van der Waals surface area contributed by atoms with E-state index in [4.69, 9.17) is 14.2 Å². The number of para-hydroxylation sites is 1. The van der Waals surface area contributed by atoms with Gasteiger partial charge in [0, 0.05) is 11.7 Å². The van der Waals surface area contributed by atoms with Gasteiger partial charge in [0.05, 0.1) is 19.3 Å². The number of carbonyl (C=O) groups excluding carboxylic acids is 2. The summed E-state index contributed by atoms with van der Waals surface area (Å²) in [5.41, 5.74) is 2.31. The first-order valence-electron chi connectivity index (χ1n) is 9.39. The Hall–Kier alpha value is -3.02. The molecule has 28 heavy (non-hydrogen) atoms. The van der Waals surface area contributed by atoms with E-state index in [9.17, 15) is 9.59 Å². The number of methoxy groups -OCH3 is 1. The van der Waals surface area contributed by atoms with Gasteiger partial charge < -0.3 is 19.1 Å². The van der Waals surface area contributed by atoms with Gasteiger partial charge in [-0.05, 0) is 57.0 Å². The van der Waals surface area contributed by atoms with E-state index >= 15 is 0 Å². The van der Waals surface area contributed by atoms with Crippen molar-refractivity contribution in [3.63, 3.8) is 0 Å². The Morgan fingerprint density at radius 2 is 1.93 bits per heavy atom. The van der Waals surface area contributed by atoms with E-state index in [1.807, 2.05) is 38.1 Å². The summed E-state index contributed by atoms with van der Waals surface area (Å²) in [6.07, 6.45) is -0.113. The lowest BCUT2D eigenvalue weighted by atomic mass is 10.1. The third-order valence-corrected chi connectivity index (χ3v) is 4.78. The number of ether oxygens (including phenoxy) is 3. The van der Waals surface area contributed by atoms with Crippen LogP contribution >= 0.6 is 0 Å². The molecule has 148 valence electrons. The lowest BCUT2D eigenvalue weighted by molar-refractivity contribution is -0.126. The van der Waals surface area contributed by atoms with E-state index in [1.54, 1.807) is 30.0 Å². The Kier molecular flexibility index (Phi) is 5.87. The van der Waals surface area contributed by atoms with Crippen LogP contribution in [0.15, 0.2) is 42.5 Å². The maximum Gasteiger partial charge on any atom is 0.339 e. The van der Waals surface area contributed by atoms with E-state index in [0.29, 0.717) is 23.7 Å². The Labute approximate surface area is 165 Å². The Morgan fingerprint density at radius 3 is 2.64 bits per heavy atom. The molecule has 1 heterocycles. The number of rotatable bonds is 6. The highest BCUT2D eigenvalue weighted by Gasteiger charge is 2.34. The average Bonchev–Trinajstić information content (AvgIpc) is 3.03. The van der Waals surface area contributed by atoms with E-state index in [-0.39, 0.29) is 11.9 Å². The number of hydrogen-bond acceptors (Lipinski definition) is 5. The molecule has 1 amide bonds. The Morgan fingerprint density at radius 1 is 1.18 bits per heavy atom. The third kappa shape index (κ3) is 3.81. The van der Waals surface area contributed by atoms with Crippen LogP contribution in [-0.2, 0) is 16.0 Å². The van der Waals surface area contributed by atoms with Crippen molar-refractivity contribution >= 4 is 17.6 Å². The second-order valence-corrected chi connectivity index (χ2v) is 6.74. The fourth-order valence-electron chi connectivity index (χ4n) is 3.45. The molecule has 1 aliphatic heterocycles. The van der Waals surface area contributed by atoms with Crippen molar-refractivity contribution in [2.24, 2.45) is 0 Å². The summed E-state index contributed by atoms with van der Waals surface area (Å²) in [6, 6.07) is 12.6. The number of nitrogens with zero attached hydrogens (tertiary/aromatic N) is 1. The molecular weight excluding hydrogens is 358 g/mol. The second-order valence-electron chi connectivity index (χ2n) is 6.74. The smallest absolute Gasteiger partial charge is 0.339 e. The van der Waals surface area contributed by atoms with Gasteiger partial charge in [0.25, 0.3) is 5.91 Å². The van der Waals surface area contributed by atoms with Crippen LogP contribution in [-0.4, -0.2) is 37.7 Å². The molecule has 3 rings (SSSR count). The van der Waals surface area contributed by atoms with Crippen LogP contribution in [0, 0.1) is 0 Å². The molecule has 0 radical (unpaired) electrons. The predicted octanol–water partition coefficient (Wildman–Crippen LogP) is 3.62. The number of fused-ring (bicyclic) bond motifs is 1. The van der Waals surface area contributed by atoms with Gasteiger partial charge in [-0.15, -0.1) is 0 Å². The highest BCUT2D eigenvalue weighted by Crippen LogP contribution is 2.33. The summed E-state index contributed by atoms with van der Waals surface area (Å²) in [4.78, 5) is 27.2. The molecule has 0 fully saturated rings. The molecule has 0 aliphatic carbocycles. The topological polar surface area (TPSA) is 65.1 Å². The number of amides is 1. The van der Waals surface area contributed by atoms with Crippen molar-refractivity contribution in [1.29, 1.82) is 0 Å². The number of esters is 1. The van der Waals surface area contributed by atoms with Gasteiger partial charge in [-0.25, -0.2) is 4.79 Å². The molecule has 0 bridgehead atoms. The first kappa shape index (κ1) is 19.7. The lowest BCUT2D eigenvalue weighted by Gasteiger charge is -2.26. The number of hydrogen-bond donors (Lipinski definition) is 0. The summed E-state index contributed by atoms with van der Waals surface area (Å²) in [6.45, 7) is 5.88. The van der Waals surface area contributed by atoms with Crippen molar-refractivity contribution in [3.8, 4) is 11.5 Å². The van der Waals surface area contributed by atoms with Crippen LogP contribution in [0.25, 0.3) is 0 Å². The first-order valence-corrected chi connectivity index (χ1v) is 9.39. The summed E-state index contributed by atoms with van der Waals surface area (Å²) in [5.74, 6) is 0.180. The van der Waals surface area contributed by atoms with E-state index < -0.39 is 12.1 Å². The number of anilines is 1. The molecule has 2 atom stereocenters. The van der Waals surface area contributed by atoms with Crippen molar-refractivity contribution in [3.05, 3.63) is 53.6 Å². The molecule has 0 unspecified atom stereocenters. The Balaban J connectivity index is 1.74. The summed E-state index contributed by atoms with van der Waals surface area (Å²) in [5, 5.41) is 0. The van der Waals surface area contributed by atoms with Gasteiger partial charge in [-0.2, -0.15) is 0 Å². The van der Waals surface area contributed by atoms with Gasteiger partial charge in [0.2, 0.25) is 0 Å². The number of carbonyl (C=O) groups is 2. The van der Waals surface area contributed by atoms with Crippen molar-refractivity contribution in [2.45, 2.75) is 39.3 Å². The fraction of sp³-hybridized carbons (Fsp3) is 0.364. The molecule has 0 N–H and O–H groups in total. The molecule has 0 aromatic heterocycles.